The van der Waals surface area contributed by atoms with Crippen molar-refractivity contribution in [3.8, 4) is 0 Å². The van der Waals surface area contributed by atoms with Crippen molar-refractivity contribution in [2.45, 2.75) is 18.5 Å². The van der Waals surface area contributed by atoms with Gasteiger partial charge in [-0.15, -0.1) is 24.8 Å². The van der Waals surface area contributed by atoms with Gasteiger partial charge in [0.1, 0.15) is 0 Å². The van der Waals surface area contributed by atoms with Crippen LogP contribution in [0.15, 0.2) is 60.7 Å². The predicted molar refractivity (Wildman–Crippen MR) is 93.4 cm³/mol. The van der Waals surface area contributed by atoms with Crippen molar-refractivity contribution in [2.24, 2.45) is 5.73 Å². The molecule has 0 radical (unpaired) electrons. The Hall–Kier alpha value is -1.06. The van der Waals surface area contributed by atoms with E-state index in [0.29, 0.717) is 6.04 Å². The molecular formula is C17H22Cl2N2. The number of rotatable bonds is 3. The van der Waals surface area contributed by atoms with Gasteiger partial charge in [-0.3, -0.25) is 4.90 Å². The van der Waals surface area contributed by atoms with Gasteiger partial charge in [-0.2, -0.15) is 0 Å². The van der Waals surface area contributed by atoms with Gasteiger partial charge < -0.3 is 5.73 Å². The highest BCUT2D eigenvalue weighted by molar-refractivity contribution is 5.85. The Balaban J connectivity index is 0.00000110. The monoisotopic (exact) mass is 324 g/mol. The Labute approximate surface area is 139 Å². The first-order chi connectivity index (χ1) is 9.16. The third-order valence-electron chi connectivity index (χ3n) is 3.72. The number of hydrogen-bond donors (Lipinski definition) is 1. The zero-order chi connectivity index (χ0) is 13.3. The first-order valence-corrected chi connectivity index (χ1v) is 6.79. The quantitative estimate of drug-likeness (QED) is 0.933. The second-order valence-corrected chi connectivity index (χ2v) is 5.78. The number of halogens is 2. The van der Waals surface area contributed by atoms with Crippen LogP contribution in [-0.2, 0) is 0 Å². The summed E-state index contributed by atoms with van der Waals surface area (Å²) in [5.41, 5.74) is 8.80. The molecule has 3 rings (SSSR count). The van der Waals surface area contributed by atoms with Crippen LogP contribution >= 0.6 is 24.8 Å². The van der Waals surface area contributed by atoms with E-state index in [1.807, 2.05) is 0 Å². The van der Waals surface area contributed by atoms with Gasteiger partial charge in [0.25, 0.3) is 0 Å². The smallest absolute Gasteiger partial charge is 0.0603 e. The van der Waals surface area contributed by atoms with Crippen LogP contribution in [0.3, 0.4) is 0 Å². The lowest BCUT2D eigenvalue weighted by atomic mass is 9.87. The highest BCUT2D eigenvalue weighted by Gasteiger charge is 2.39. The van der Waals surface area contributed by atoms with Gasteiger partial charge in [0, 0.05) is 18.6 Å². The maximum Gasteiger partial charge on any atom is 0.0603 e. The predicted octanol–water partition coefficient (Wildman–Crippen LogP) is 3.65. The minimum atomic E-state index is -0.0399. The zero-order valence-corrected chi connectivity index (χ0v) is 13.7. The molecule has 2 nitrogen and oxygen atoms in total. The first kappa shape index (κ1) is 18.0. The van der Waals surface area contributed by atoms with E-state index in [1.54, 1.807) is 0 Å². The highest BCUT2D eigenvalue weighted by atomic mass is 35.5. The van der Waals surface area contributed by atoms with E-state index in [4.69, 9.17) is 5.73 Å². The molecule has 114 valence electrons. The van der Waals surface area contributed by atoms with Crippen molar-refractivity contribution in [1.82, 2.24) is 4.90 Å². The normalized spacial score (nSPS) is 16.5. The molecule has 0 atom stereocenters. The summed E-state index contributed by atoms with van der Waals surface area (Å²) in [6.45, 7) is 4.01. The van der Waals surface area contributed by atoms with Crippen molar-refractivity contribution in [1.29, 1.82) is 0 Å². The molecule has 1 saturated heterocycles. The molecule has 1 fully saturated rings. The third-order valence-corrected chi connectivity index (χ3v) is 3.72. The Bertz CT molecular complexity index is 496. The van der Waals surface area contributed by atoms with Gasteiger partial charge in [0.2, 0.25) is 0 Å². The molecule has 0 aromatic heterocycles. The Morgan fingerprint density at radius 3 is 1.57 bits per heavy atom. The van der Waals surface area contributed by atoms with E-state index in [0.717, 1.165) is 13.1 Å². The van der Waals surface area contributed by atoms with Crippen molar-refractivity contribution >= 4 is 24.8 Å². The molecule has 2 aromatic rings. The van der Waals surface area contributed by atoms with E-state index >= 15 is 0 Å². The number of benzene rings is 2. The fourth-order valence-corrected chi connectivity index (χ4v) is 2.95. The van der Waals surface area contributed by atoms with Crippen molar-refractivity contribution < 1.29 is 0 Å². The second-order valence-electron chi connectivity index (χ2n) is 5.78. The van der Waals surface area contributed by atoms with E-state index in [9.17, 15) is 0 Å². The fraction of sp³-hybridized carbons (Fsp3) is 0.294. The molecule has 1 heterocycles. The number of hydrogen-bond acceptors (Lipinski definition) is 2. The summed E-state index contributed by atoms with van der Waals surface area (Å²) >= 11 is 0. The molecule has 2 N–H and O–H groups in total. The molecule has 1 aliphatic rings. The lowest BCUT2D eigenvalue weighted by Crippen LogP contribution is -2.65. The standard InChI is InChI=1S/C17H20N2.2ClH/c1-17(18)12-19(13-17)16(14-8-4-2-5-9-14)15-10-6-3-7-11-15;;/h2-11,16H,12-13,18H2,1H3;2*1H. The van der Waals surface area contributed by atoms with Crippen LogP contribution < -0.4 is 5.73 Å². The first-order valence-electron chi connectivity index (χ1n) is 6.79. The topological polar surface area (TPSA) is 29.3 Å². The van der Waals surface area contributed by atoms with Crippen LogP contribution in [0.4, 0.5) is 0 Å². The van der Waals surface area contributed by atoms with Gasteiger partial charge in [0.15, 0.2) is 0 Å². The average Bonchev–Trinajstić information content (AvgIpc) is 2.39. The maximum absolute atomic E-state index is 6.16. The second kappa shape index (κ2) is 7.28. The fourth-order valence-electron chi connectivity index (χ4n) is 2.95. The summed E-state index contributed by atoms with van der Waals surface area (Å²) < 4.78 is 0. The molecule has 0 bridgehead atoms. The zero-order valence-electron chi connectivity index (χ0n) is 12.1. The molecule has 4 heteroatoms. The van der Waals surface area contributed by atoms with E-state index in [-0.39, 0.29) is 30.4 Å². The molecule has 0 spiro atoms. The van der Waals surface area contributed by atoms with Gasteiger partial charge in [-0.1, -0.05) is 60.7 Å². The van der Waals surface area contributed by atoms with Gasteiger partial charge in [-0.05, 0) is 18.1 Å². The number of likely N-dealkylation sites (tertiary alicyclic amines) is 1. The molecule has 0 unspecified atom stereocenters. The van der Waals surface area contributed by atoms with Crippen LogP contribution in [0.1, 0.15) is 24.1 Å². The van der Waals surface area contributed by atoms with E-state index in [1.165, 1.54) is 11.1 Å². The molecule has 1 aliphatic heterocycles. The van der Waals surface area contributed by atoms with E-state index < -0.39 is 0 Å². The molecule has 0 aliphatic carbocycles. The minimum Gasteiger partial charge on any atom is -0.323 e. The van der Waals surface area contributed by atoms with Gasteiger partial charge in [0.05, 0.1) is 6.04 Å². The van der Waals surface area contributed by atoms with Crippen LogP contribution in [0.5, 0.6) is 0 Å². The van der Waals surface area contributed by atoms with E-state index in [2.05, 4.69) is 72.5 Å². The van der Waals surface area contributed by atoms with Crippen LogP contribution in [0.25, 0.3) is 0 Å². The Morgan fingerprint density at radius 1 is 0.857 bits per heavy atom. The van der Waals surface area contributed by atoms with Crippen LogP contribution in [0.2, 0.25) is 0 Å². The molecule has 2 aromatic carbocycles. The van der Waals surface area contributed by atoms with Crippen LogP contribution in [-0.4, -0.2) is 23.5 Å². The maximum atomic E-state index is 6.16. The summed E-state index contributed by atoms with van der Waals surface area (Å²) in [5, 5.41) is 0. The molecule has 0 amide bonds. The molecule has 21 heavy (non-hydrogen) atoms. The average molecular weight is 325 g/mol. The highest BCUT2D eigenvalue weighted by Crippen LogP contribution is 2.34. The molecular weight excluding hydrogens is 303 g/mol. The third kappa shape index (κ3) is 3.98. The van der Waals surface area contributed by atoms with Gasteiger partial charge >= 0.3 is 0 Å². The Morgan fingerprint density at radius 2 is 1.24 bits per heavy atom. The lowest BCUT2D eigenvalue weighted by molar-refractivity contribution is 0.0544. The largest absolute Gasteiger partial charge is 0.323 e. The summed E-state index contributed by atoms with van der Waals surface area (Å²) in [7, 11) is 0. The van der Waals surface area contributed by atoms with Crippen molar-refractivity contribution in [3.05, 3.63) is 71.8 Å². The number of nitrogens with zero attached hydrogens (tertiary/aromatic N) is 1. The summed E-state index contributed by atoms with van der Waals surface area (Å²) in [4.78, 5) is 2.45. The molecule has 0 saturated carbocycles. The summed E-state index contributed by atoms with van der Waals surface area (Å²) in [5.74, 6) is 0. The van der Waals surface area contributed by atoms with Gasteiger partial charge in [-0.25, -0.2) is 0 Å². The summed E-state index contributed by atoms with van der Waals surface area (Å²) in [6, 6.07) is 21.7. The minimum absolute atomic E-state index is 0. The van der Waals surface area contributed by atoms with Crippen molar-refractivity contribution in [3.63, 3.8) is 0 Å². The number of nitrogens with two attached hydrogens (primary N) is 1. The van der Waals surface area contributed by atoms with Crippen LogP contribution in [0, 0.1) is 0 Å². The SMILES string of the molecule is CC1(N)CN(C(c2ccccc2)c2ccccc2)C1.Cl.Cl. The summed E-state index contributed by atoms with van der Waals surface area (Å²) in [6.07, 6.45) is 0. The lowest BCUT2D eigenvalue weighted by Gasteiger charge is -2.49. The van der Waals surface area contributed by atoms with Crippen molar-refractivity contribution in [2.75, 3.05) is 13.1 Å². The Kier molecular flexibility index (Phi) is 6.24.